The fourth-order valence-electron chi connectivity index (χ4n) is 6.71. The molecule has 0 aliphatic heterocycles. The molecule has 41 heavy (non-hydrogen) atoms. The summed E-state index contributed by atoms with van der Waals surface area (Å²) in [4.78, 5) is 0.184. The fourth-order valence-corrected chi connectivity index (χ4v) is 8.52. The van der Waals surface area contributed by atoms with Gasteiger partial charge in [0.25, 0.3) is 0 Å². The van der Waals surface area contributed by atoms with Gasteiger partial charge in [0, 0.05) is 31.0 Å². The van der Waals surface area contributed by atoms with Gasteiger partial charge in [0.05, 0.1) is 17.6 Å². The number of halogens is 1. The molecule has 2 aromatic heterocycles. The fraction of sp³-hybridized carbons (Fsp3) is 0.375. The second-order valence-corrected chi connectivity index (χ2v) is 13.1. The molecule has 2 atom stereocenters. The quantitative estimate of drug-likeness (QED) is 0.219. The van der Waals surface area contributed by atoms with Gasteiger partial charge in [-0.3, -0.25) is 0 Å². The average Bonchev–Trinajstić information content (AvgIpc) is 3.66. The summed E-state index contributed by atoms with van der Waals surface area (Å²) in [5.74, 6) is 0.301. The lowest BCUT2D eigenvalue weighted by Gasteiger charge is -2.30. The minimum absolute atomic E-state index is 0.120. The molecule has 2 aliphatic carbocycles. The van der Waals surface area contributed by atoms with Crippen molar-refractivity contribution < 1.29 is 17.3 Å². The molecule has 0 amide bonds. The zero-order valence-electron chi connectivity index (χ0n) is 23.7. The van der Waals surface area contributed by atoms with Crippen molar-refractivity contribution in [2.45, 2.75) is 63.7 Å². The summed E-state index contributed by atoms with van der Waals surface area (Å²) in [5.41, 5.74) is 7.44. The Morgan fingerprint density at radius 1 is 1.10 bits per heavy atom. The highest BCUT2D eigenvalue weighted by atomic mass is 32.2. The number of sulfonamides is 1. The van der Waals surface area contributed by atoms with Gasteiger partial charge in [0.15, 0.2) is 5.76 Å². The van der Waals surface area contributed by atoms with Crippen LogP contribution in [-0.4, -0.2) is 40.7 Å². The molecule has 0 N–H and O–H groups in total. The van der Waals surface area contributed by atoms with Crippen LogP contribution < -0.4 is 0 Å². The van der Waals surface area contributed by atoms with Crippen molar-refractivity contribution in [1.82, 2.24) is 19.2 Å². The van der Waals surface area contributed by atoms with E-state index in [1.54, 1.807) is 30.3 Å². The van der Waals surface area contributed by atoms with E-state index in [2.05, 4.69) is 29.3 Å². The second-order valence-electron chi connectivity index (χ2n) is 11.2. The lowest BCUT2D eigenvalue weighted by Crippen LogP contribution is -2.37. The number of hydrogen-bond acceptors (Lipinski definition) is 5. The predicted molar refractivity (Wildman–Crippen MR) is 155 cm³/mol. The van der Waals surface area contributed by atoms with E-state index < -0.39 is 10.0 Å². The van der Waals surface area contributed by atoms with Crippen molar-refractivity contribution in [3.63, 3.8) is 0 Å². The van der Waals surface area contributed by atoms with Crippen molar-refractivity contribution in [3.05, 3.63) is 106 Å². The molecule has 6 rings (SSSR count). The van der Waals surface area contributed by atoms with E-state index in [0.29, 0.717) is 24.5 Å². The first kappa shape index (κ1) is 27.6. The van der Waals surface area contributed by atoms with Crippen LogP contribution in [0.4, 0.5) is 4.39 Å². The zero-order valence-corrected chi connectivity index (χ0v) is 24.5. The number of nitrogens with zero attached hydrogens (tertiary/aromatic N) is 4. The van der Waals surface area contributed by atoms with Gasteiger partial charge in [0.1, 0.15) is 16.4 Å². The number of fused-ring (bicyclic) bond motifs is 1. The molecule has 0 spiro atoms. The third kappa shape index (κ3) is 5.17. The molecule has 0 radical (unpaired) electrons. The Balaban J connectivity index is 1.27. The average molecular weight is 575 g/mol. The maximum Gasteiger partial charge on any atom is 0.248 e. The highest BCUT2D eigenvalue weighted by molar-refractivity contribution is 7.89. The van der Waals surface area contributed by atoms with E-state index in [-0.39, 0.29) is 22.5 Å². The smallest absolute Gasteiger partial charge is 0.248 e. The monoisotopic (exact) mass is 574 g/mol. The minimum atomic E-state index is -3.80. The Labute approximate surface area is 240 Å². The molecular weight excluding hydrogens is 539 g/mol. The van der Waals surface area contributed by atoms with Crippen LogP contribution in [0.3, 0.4) is 0 Å². The number of allylic oxidation sites excluding steroid dienone is 1. The Kier molecular flexibility index (Phi) is 7.42. The van der Waals surface area contributed by atoms with Gasteiger partial charge in [-0.1, -0.05) is 53.6 Å². The number of aromatic nitrogens is 3. The number of hydrogen-bond donors (Lipinski definition) is 0. The largest absolute Gasteiger partial charge is 0.360 e. The first-order chi connectivity index (χ1) is 19.7. The van der Waals surface area contributed by atoms with Gasteiger partial charge in [-0.25, -0.2) is 17.5 Å². The van der Waals surface area contributed by atoms with Crippen molar-refractivity contribution >= 4 is 10.0 Å². The van der Waals surface area contributed by atoms with Crippen LogP contribution in [0.1, 0.15) is 60.4 Å². The Morgan fingerprint density at radius 2 is 1.85 bits per heavy atom. The second kappa shape index (κ2) is 11.0. The molecule has 7 nitrogen and oxygen atoms in total. The summed E-state index contributed by atoms with van der Waals surface area (Å²) in [5, 5.41) is 8.61. The first-order valence-electron chi connectivity index (χ1n) is 14.3. The van der Waals surface area contributed by atoms with Crippen LogP contribution in [-0.2, 0) is 22.9 Å². The van der Waals surface area contributed by atoms with E-state index in [9.17, 15) is 12.8 Å². The molecule has 0 unspecified atom stereocenters. The Bertz CT molecular complexity index is 1670. The SMILES string of the molecule is Cc1noc(C)c1S(=O)(=O)N(CCCc1ccccc1)C[C@H]1CCC2=C1[C@@H](C)c1cnn(-c3ccc(F)cc3)c1C2. The van der Waals surface area contributed by atoms with Gasteiger partial charge in [-0.2, -0.15) is 9.40 Å². The molecule has 9 heteroatoms. The molecule has 214 valence electrons. The topological polar surface area (TPSA) is 81.2 Å². The van der Waals surface area contributed by atoms with Crippen LogP contribution in [0, 0.1) is 25.6 Å². The molecule has 4 aromatic rings. The summed E-state index contributed by atoms with van der Waals surface area (Å²) in [7, 11) is -3.80. The molecule has 2 aromatic carbocycles. The summed E-state index contributed by atoms with van der Waals surface area (Å²) < 4.78 is 50.5. The van der Waals surface area contributed by atoms with E-state index in [1.165, 1.54) is 28.8 Å². The lowest BCUT2D eigenvalue weighted by atomic mass is 9.80. The van der Waals surface area contributed by atoms with Gasteiger partial charge < -0.3 is 4.52 Å². The molecule has 0 saturated heterocycles. The molecule has 0 bridgehead atoms. The third-order valence-corrected chi connectivity index (χ3v) is 10.7. The van der Waals surface area contributed by atoms with Crippen molar-refractivity contribution in [3.8, 4) is 5.69 Å². The van der Waals surface area contributed by atoms with E-state index >= 15 is 0 Å². The van der Waals surface area contributed by atoms with Crippen LogP contribution >= 0.6 is 0 Å². The molecular formula is C32H35FN4O3S. The normalized spacial score (nSPS) is 18.7. The van der Waals surface area contributed by atoms with Crippen molar-refractivity contribution in [1.29, 1.82) is 0 Å². The summed E-state index contributed by atoms with van der Waals surface area (Å²) in [6, 6.07) is 16.6. The van der Waals surface area contributed by atoms with E-state index in [4.69, 9.17) is 4.52 Å². The Hall–Kier alpha value is -3.56. The zero-order chi connectivity index (χ0) is 28.7. The molecule has 2 heterocycles. The van der Waals surface area contributed by atoms with Crippen molar-refractivity contribution in [2.24, 2.45) is 5.92 Å². The standard InChI is InChI=1S/C32H35FN4O3S/c1-21-29-19-34-37(28-15-13-27(33)14-16-28)30(29)18-25-11-12-26(31(21)25)20-36(17-7-10-24-8-5-4-6-9-24)41(38,39)32-22(2)35-40-23(32)3/h4-6,8-9,13-16,19,21,26H,7,10-12,17-18,20H2,1-3H3/t21-,26+/m0/s1. The van der Waals surface area contributed by atoms with Crippen LogP contribution in [0.5, 0.6) is 0 Å². The highest BCUT2D eigenvalue weighted by Gasteiger charge is 2.39. The summed E-state index contributed by atoms with van der Waals surface area (Å²) >= 11 is 0. The van der Waals surface area contributed by atoms with Gasteiger partial charge in [0.2, 0.25) is 10.0 Å². The molecule has 2 aliphatic rings. The highest BCUT2D eigenvalue weighted by Crippen LogP contribution is 2.47. The molecule has 0 saturated carbocycles. The first-order valence-corrected chi connectivity index (χ1v) is 15.7. The van der Waals surface area contributed by atoms with Crippen molar-refractivity contribution in [2.75, 3.05) is 13.1 Å². The maximum atomic E-state index is 14.1. The Morgan fingerprint density at radius 3 is 2.56 bits per heavy atom. The van der Waals surface area contributed by atoms with Crippen LogP contribution in [0.2, 0.25) is 0 Å². The number of benzene rings is 2. The van der Waals surface area contributed by atoms with Gasteiger partial charge in [-0.05, 0) is 75.3 Å². The van der Waals surface area contributed by atoms with Gasteiger partial charge >= 0.3 is 0 Å². The molecule has 0 fully saturated rings. The summed E-state index contributed by atoms with van der Waals surface area (Å²) in [6.07, 6.45) is 6.05. The van der Waals surface area contributed by atoms with Crippen LogP contribution in [0.15, 0.2) is 81.4 Å². The number of rotatable bonds is 9. The predicted octanol–water partition coefficient (Wildman–Crippen LogP) is 6.31. The van der Waals surface area contributed by atoms with Crippen LogP contribution in [0.25, 0.3) is 5.69 Å². The number of aryl methyl sites for hydroxylation is 3. The lowest BCUT2D eigenvalue weighted by molar-refractivity contribution is 0.351. The third-order valence-electron chi connectivity index (χ3n) is 8.63. The summed E-state index contributed by atoms with van der Waals surface area (Å²) in [6.45, 7) is 6.39. The van der Waals surface area contributed by atoms with E-state index in [0.717, 1.165) is 49.0 Å². The van der Waals surface area contributed by atoms with Gasteiger partial charge in [-0.15, -0.1) is 0 Å². The maximum absolute atomic E-state index is 14.1. The van der Waals surface area contributed by atoms with E-state index in [1.807, 2.05) is 29.1 Å². The minimum Gasteiger partial charge on any atom is -0.360 e.